The molecule has 0 aliphatic heterocycles. The number of amides is 2. The highest BCUT2D eigenvalue weighted by Crippen LogP contribution is 1.97. The molecule has 0 fully saturated rings. The molecule has 16 heavy (non-hydrogen) atoms. The lowest BCUT2D eigenvalue weighted by molar-refractivity contribution is -0.144. The number of carbonyl (C=O) groups excluding carboxylic acids is 2. The van der Waals surface area contributed by atoms with Crippen molar-refractivity contribution in [1.82, 2.24) is 10.2 Å². The van der Waals surface area contributed by atoms with E-state index in [9.17, 15) is 9.59 Å². The SMILES string of the molecule is CN(CCCCCO)C(=O)C(=O)NCCN. The third kappa shape index (κ3) is 6.36. The Hall–Kier alpha value is -1.14. The van der Waals surface area contributed by atoms with Crippen LogP contribution >= 0.6 is 0 Å². The summed E-state index contributed by atoms with van der Waals surface area (Å²) in [5.41, 5.74) is 5.20. The van der Waals surface area contributed by atoms with E-state index in [1.54, 1.807) is 7.05 Å². The Bertz CT molecular complexity index is 221. The van der Waals surface area contributed by atoms with Crippen molar-refractivity contribution in [2.24, 2.45) is 5.73 Å². The topological polar surface area (TPSA) is 95.7 Å². The molecule has 0 atom stereocenters. The number of hydrogen-bond donors (Lipinski definition) is 3. The summed E-state index contributed by atoms with van der Waals surface area (Å²) in [4.78, 5) is 24.0. The normalized spacial score (nSPS) is 9.94. The number of carbonyl (C=O) groups is 2. The molecular formula is C10H21N3O3. The third-order valence-electron chi connectivity index (χ3n) is 2.12. The van der Waals surface area contributed by atoms with E-state index in [2.05, 4.69) is 5.32 Å². The quantitative estimate of drug-likeness (QED) is 0.374. The average molecular weight is 231 g/mol. The molecule has 0 aromatic rings. The number of likely N-dealkylation sites (N-methyl/N-ethyl adjacent to an activating group) is 1. The number of aliphatic hydroxyl groups excluding tert-OH is 1. The number of nitrogens with two attached hydrogens (primary N) is 1. The fraction of sp³-hybridized carbons (Fsp3) is 0.800. The van der Waals surface area contributed by atoms with Crippen molar-refractivity contribution in [3.8, 4) is 0 Å². The monoisotopic (exact) mass is 231 g/mol. The van der Waals surface area contributed by atoms with Crippen LogP contribution in [0.2, 0.25) is 0 Å². The van der Waals surface area contributed by atoms with Gasteiger partial charge in [0.1, 0.15) is 0 Å². The zero-order valence-electron chi connectivity index (χ0n) is 9.74. The molecule has 2 amide bonds. The van der Waals surface area contributed by atoms with Crippen molar-refractivity contribution in [2.75, 3.05) is 33.3 Å². The fourth-order valence-corrected chi connectivity index (χ4v) is 1.17. The molecule has 0 spiro atoms. The Labute approximate surface area is 95.8 Å². The van der Waals surface area contributed by atoms with Gasteiger partial charge < -0.3 is 21.1 Å². The molecule has 4 N–H and O–H groups in total. The molecule has 0 saturated heterocycles. The second kappa shape index (κ2) is 9.11. The predicted octanol–water partition coefficient (Wildman–Crippen LogP) is -1.32. The molecule has 0 aliphatic rings. The summed E-state index contributed by atoms with van der Waals surface area (Å²) >= 11 is 0. The minimum atomic E-state index is -0.616. The molecule has 0 aromatic carbocycles. The van der Waals surface area contributed by atoms with Gasteiger partial charge in [0.2, 0.25) is 0 Å². The van der Waals surface area contributed by atoms with Gasteiger partial charge in [0.05, 0.1) is 0 Å². The van der Waals surface area contributed by atoms with Gasteiger partial charge in [-0.1, -0.05) is 0 Å². The summed E-state index contributed by atoms with van der Waals surface area (Å²) in [6.45, 7) is 1.31. The minimum absolute atomic E-state index is 0.161. The maximum Gasteiger partial charge on any atom is 0.311 e. The van der Waals surface area contributed by atoms with Gasteiger partial charge in [-0.25, -0.2) is 0 Å². The van der Waals surface area contributed by atoms with E-state index >= 15 is 0 Å². The second-order valence-corrected chi connectivity index (χ2v) is 3.56. The summed E-state index contributed by atoms with van der Waals surface area (Å²) in [7, 11) is 1.59. The van der Waals surface area contributed by atoms with Crippen LogP contribution < -0.4 is 11.1 Å². The van der Waals surface area contributed by atoms with Crippen LogP contribution in [-0.2, 0) is 9.59 Å². The maximum atomic E-state index is 11.4. The van der Waals surface area contributed by atoms with Crippen molar-refractivity contribution in [3.63, 3.8) is 0 Å². The van der Waals surface area contributed by atoms with Gasteiger partial charge in [0.25, 0.3) is 0 Å². The van der Waals surface area contributed by atoms with Gasteiger partial charge in [-0.05, 0) is 19.3 Å². The molecule has 0 aromatic heterocycles. The Balaban J connectivity index is 3.75. The van der Waals surface area contributed by atoms with Gasteiger partial charge in [-0.3, -0.25) is 9.59 Å². The Morgan fingerprint density at radius 2 is 2.00 bits per heavy atom. The van der Waals surface area contributed by atoms with Crippen molar-refractivity contribution in [2.45, 2.75) is 19.3 Å². The summed E-state index contributed by atoms with van der Waals surface area (Å²) in [5.74, 6) is -1.16. The standard InChI is InChI=1S/C10H21N3O3/c1-13(7-3-2-4-8-14)10(16)9(15)12-6-5-11/h14H,2-8,11H2,1H3,(H,12,15). The first-order valence-electron chi connectivity index (χ1n) is 5.47. The van der Waals surface area contributed by atoms with Gasteiger partial charge in [0, 0.05) is 33.3 Å². The Kier molecular flexibility index (Phi) is 8.46. The van der Waals surface area contributed by atoms with E-state index in [1.165, 1.54) is 4.90 Å². The van der Waals surface area contributed by atoms with E-state index in [0.717, 1.165) is 19.3 Å². The molecule has 0 saturated carbocycles. The lowest BCUT2D eigenvalue weighted by Crippen LogP contribution is -2.42. The predicted molar refractivity (Wildman–Crippen MR) is 60.6 cm³/mol. The van der Waals surface area contributed by atoms with Crippen molar-refractivity contribution in [3.05, 3.63) is 0 Å². The number of hydrogen-bond acceptors (Lipinski definition) is 4. The van der Waals surface area contributed by atoms with Crippen LogP contribution in [0, 0.1) is 0 Å². The Morgan fingerprint density at radius 3 is 2.56 bits per heavy atom. The number of nitrogens with zero attached hydrogens (tertiary/aromatic N) is 1. The largest absolute Gasteiger partial charge is 0.396 e. The van der Waals surface area contributed by atoms with Gasteiger partial charge in [-0.2, -0.15) is 0 Å². The van der Waals surface area contributed by atoms with E-state index < -0.39 is 11.8 Å². The number of nitrogens with one attached hydrogen (secondary N) is 1. The highest BCUT2D eigenvalue weighted by atomic mass is 16.3. The molecule has 0 rings (SSSR count). The van der Waals surface area contributed by atoms with Crippen LogP contribution in [-0.4, -0.2) is 55.1 Å². The van der Waals surface area contributed by atoms with Crippen LogP contribution in [0.25, 0.3) is 0 Å². The number of rotatable bonds is 7. The summed E-state index contributed by atoms with van der Waals surface area (Å²) in [6.07, 6.45) is 2.35. The van der Waals surface area contributed by atoms with Crippen LogP contribution in [0.3, 0.4) is 0 Å². The van der Waals surface area contributed by atoms with E-state index in [0.29, 0.717) is 19.6 Å². The molecule has 0 radical (unpaired) electrons. The van der Waals surface area contributed by atoms with Crippen molar-refractivity contribution < 1.29 is 14.7 Å². The van der Waals surface area contributed by atoms with Crippen LogP contribution in [0.4, 0.5) is 0 Å². The van der Waals surface area contributed by atoms with Crippen LogP contribution in [0.15, 0.2) is 0 Å². The first kappa shape index (κ1) is 14.9. The molecule has 94 valence electrons. The van der Waals surface area contributed by atoms with Gasteiger partial charge >= 0.3 is 11.8 Å². The van der Waals surface area contributed by atoms with Gasteiger partial charge in [-0.15, -0.1) is 0 Å². The first-order chi connectivity index (χ1) is 7.63. The molecule has 0 aliphatic carbocycles. The fourth-order valence-electron chi connectivity index (χ4n) is 1.17. The summed E-state index contributed by atoms with van der Waals surface area (Å²) in [5, 5.41) is 11.0. The molecule has 0 bridgehead atoms. The molecule has 0 unspecified atom stereocenters. The van der Waals surface area contributed by atoms with Gasteiger partial charge in [0.15, 0.2) is 0 Å². The van der Waals surface area contributed by atoms with E-state index in [4.69, 9.17) is 10.8 Å². The highest BCUT2D eigenvalue weighted by Gasteiger charge is 2.16. The van der Waals surface area contributed by atoms with Crippen molar-refractivity contribution in [1.29, 1.82) is 0 Å². The van der Waals surface area contributed by atoms with Crippen molar-refractivity contribution >= 4 is 11.8 Å². The zero-order chi connectivity index (χ0) is 12.4. The maximum absolute atomic E-state index is 11.4. The minimum Gasteiger partial charge on any atom is -0.396 e. The van der Waals surface area contributed by atoms with E-state index in [1.807, 2.05) is 0 Å². The summed E-state index contributed by atoms with van der Waals surface area (Å²) < 4.78 is 0. The smallest absolute Gasteiger partial charge is 0.311 e. The average Bonchev–Trinajstić information content (AvgIpc) is 2.30. The second-order valence-electron chi connectivity index (χ2n) is 3.56. The Morgan fingerprint density at radius 1 is 1.31 bits per heavy atom. The van der Waals surface area contributed by atoms with Crippen LogP contribution in [0.5, 0.6) is 0 Å². The number of aliphatic hydroxyl groups is 1. The highest BCUT2D eigenvalue weighted by molar-refractivity contribution is 6.34. The van der Waals surface area contributed by atoms with Crippen LogP contribution in [0.1, 0.15) is 19.3 Å². The lowest BCUT2D eigenvalue weighted by atomic mass is 10.2. The molecule has 6 nitrogen and oxygen atoms in total. The molecular weight excluding hydrogens is 210 g/mol. The lowest BCUT2D eigenvalue weighted by Gasteiger charge is -2.16. The zero-order valence-corrected chi connectivity index (χ0v) is 9.74. The summed E-state index contributed by atoms with van der Waals surface area (Å²) in [6, 6.07) is 0. The molecule has 0 heterocycles. The molecule has 6 heteroatoms. The third-order valence-corrected chi connectivity index (χ3v) is 2.12. The first-order valence-corrected chi connectivity index (χ1v) is 5.47. The van der Waals surface area contributed by atoms with E-state index in [-0.39, 0.29) is 6.61 Å². The number of unbranched alkanes of at least 4 members (excludes halogenated alkanes) is 2.